The zero-order valence-electron chi connectivity index (χ0n) is 11.1. The van der Waals surface area contributed by atoms with Crippen molar-refractivity contribution in [2.45, 2.75) is 6.92 Å². The average molecular weight is 281 g/mol. The van der Waals surface area contributed by atoms with Crippen molar-refractivity contribution in [2.24, 2.45) is 0 Å². The van der Waals surface area contributed by atoms with Crippen molar-refractivity contribution in [1.29, 1.82) is 0 Å². The van der Waals surface area contributed by atoms with E-state index in [1.807, 2.05) is 0 Å². The molecule has 21 heavy (non-hydrogen) atoms. The maximum atomic E-state index is 11.9. The van der Waals surface area contributed by atoms with Crippen LogP contribution in [-0.4, -0.2) is 26.1 Å². The Morgan fingerprint density at radius 1 is 1.14 bits per heavy atom. The molecule has 0 fully saturated rings. The van der Waals surface area contributed by atoms with Crippen molar-refractivity contribution in [3.05, 3.63) is 54.4 Å². The van der Waals surface area contributed by atoms with Crippen LogP contribution in [0.5, 0.6) is 0 Å². The van der Waals surface area contributed by atoms with Gasteiger partial charge in [-0.3, -0.25) is 9.78 Å². The van der Waals surface area contributed by atoms with E-state index >= 15 is 0 Å². The molecule has 0 saturated carbocycles. The molecule has 0 radical (unpaired) electrons. The van der Waals surface area contributed by atoms with Gasteiger partial charge >= 0.3 is 0 Å². The van der Waals surface area contributed by atoms with E-state index < -0.39 is 0 Å². The first kappa shape index (κ1) is 12.9. The first-order valence-corrected chi connectivity index (χ1v) is 6.20. The van der Waals surface area contributed by atoms with Gasteiger partial charge in [-0.1, -0.05) is 0 Å². The van der Waals surface area contributed by atoms with Crippen molar-refractivity contribution in [1.82, 2.24) is 20.2 Å². The number of amides is 1. The van der Waals surface area contributed by atoms with E-state index in [1.165, 1.54) is 18.6 Å². The Balaban J connectivity index is 1.74. The Kier molecular flexibility index (Phi) is 3.38. The van der Waals surface area contributed by atoms with E-state index in [9.17, 15) is 4.79 Å². The van der Waals surface area contributed by atoms with Gasteiger partial charge < -0.3 is 9.73 Å². The molecule has 0 aliphatic heterocycles. The third-order valence-corrected chi connectivity index (χ3v) is 2.71. The van der Waals surface area contributed by atoms with Gasteiger partial charge in [0, 0.05) is 30.6 Å². The van der Waals surface area contributed by atoms with Crippen LogP contribution in [0, 0.1) is 6.92 Å². The lowest BCUT2D eigenvalue weighted by atomic mass is 10.2. The highest BCUT2D eigenvalue weighted by Gasteiger charge is 2.09. The summed E-state index contributed by atoms with van der Waals surface area (Å²) in [7, 11) is 0. The number of benzene rings is 1. The summed E-state index contributed by atoms with van der Waals surface area (Å²) in [5.74, 6) is 0.633. The predicted octanol–water partition coefficient (Wildman–Crippen LogP) is 2.09. The monoisotopic (exact) mass is 281 g/mol. The van der Waals surface area contributed by atoms with E-state index in [-0.39, 0.29) is 11.6 Å². The quantitative estimate of drug-likeness (QED) is 0.790. The zero-order valence-corrected chi connectivity index (χ0v) is 11.1. The van der Waals surface area contributed by atoms with Crippen LogP contribution in [0.1, 0.15) is 16.4 Å². The van der Waals surface area contributed by atoms with Gasteiger partial charge in [-0.2, -0.15) is 0 Å². The lowest BCUT2D eigenvalue weighted by Crippen LogP contribution is -2.13. The van der Waals surface area contributed by atoms with Gasteiger partial charge in [0.15, 0.2) is 0 Å². The molecule has 0 aliphatic rings. The third kappa shape index (κ3) is 2.92. The molecule has 3 aromatic rings. The van der Waals surface area contributed by atoms with Gasteiger partial charge in [0.25, 0.3) is 5.91 Å². The zero-order chi connectivity index (χ0) is 14.7. The SMILES string of the molecule is Cc1nnc(-c2ccc(NC(=O)c3cnccn3)cc2)o1. The molecule has 0 saturated heterocycles. The molecule has 0 aliphatic carbocycles. The number of aryl methyl sites for hydroxylation is 1. The average Bonchev–Trinajstić information content (AvgIpc) is 2.95. The highest BCUT2D eigenvalue weighted by molar-refractivity contribution is 6.02. The van der Waals surface area contributed by atoms with E-state index in [1.54, 1.807) is 31.2 Å². The van der Waals surface area contributed by atoms with E-state index in [4.69, 9.17) is 4.42 Å². The Hall–Kier alpha value is -3.09. The highest BCUT2D eigenvalue weighted by Crippen LogP contribution is 2.20. The van der Waals surface area contributed by atoms with Crippen LogP contribution in [0.4, 0.5) is 5.69 Å². The standard InChI is InChI=1S/C14H11N5O2/c1-9-18-19-14(21-9)10-2-4-11(5-3-10)17-13(20)12-8-15-6-7-16-12/h2-8H,1H3,(H,17,20). The summed E-state index contributed by atoms with van der Waals surface area (Å²) in [4.78, 5) is 19.7. The van der Waals surface area contributed by atoms with Gasteiger partial charge in [0.1, 0.15) is 5.69 Å². The number of aromatic nitrogens is 4. The fraction of sp³-hybridized carbons (Fsp3) is 0.0714. The lowest BCUT2D eigenvalue weighted by Gasteiger charge is -2.04. The molecule has 1 aromatic carbocycles. The largest absolute Gasteiger partial charge is 0.421 e. The van der Waals surface area contributed by atoms with Gasteiger partial charge in [0.05, 0.1) is 6.20 Å². The van der Waals surface area contributed by atoms with Gasteiger partial charge in [-0.15, -0.1) is 10.2 Å². The Bertz CT molecular complexity index is 753. The number of rotatable bonds is 3. The summed E-state index contributed by atoms with van der Waals surface area (Å²) in [6.45, 7) is 1.73. The molecule has 2 heterocycles. The topological polar surface area (TPSA) is 93.8 Å². The van der Waals surface area contributed by atoms with E-state index in [0.29, 0.717) is 17.5 Å². The first-order valence-electron chi connectivity index (χ1n) is 6.20. The molecule has 0 atom stereocenters. The molecular weight excluding hydrogens is 270 g/mol. The number of nitrogens with one attached hydrogen (secondary N) is 1. The minimum atomic E-state index is -0.315. The molecule has 2 aromatic heterocycles. The number of anilines is 1. The molecule has 0 unspecified atom stereocenters. The second-order valence-electron chi connectivity index (χ2n) is 4.25. The van der Waals surface area contributed by atoms with Gasteiger partial charge in [0.2, 0.25) is 11.8 Å². The molecule has 0 bridgehead atoms. The smallest absolute Gasteiger partial charge is 0.275 e. The second-order valence-corrected chi connectivity index (χ2v) is 4.25. The molecule has 7 nitrogen and oxygen atoms in total. The number of nitrogens with zero attached hydrogens (tertiary/aromatic N) is 4. The van der Waals surface area contributed by atoms with Crippen molar-refractivity contribution in [3.8, 4) is 11.5 Å². The summed E-state index contributed by atoms with van der Waals surface area (Å²) in [5, 5.41) is 10.4. The molecule has 1 N–H and O–H groups in total. The van der Waals surface area contributed by atoms with Crippen molar-refractivity contribution in [2.75, 3.05) is 5.32 Å². The van der Waals surface area contributed by atoms with Crippen LogP contribution in [0.3, 0.4) is 0 Å². The number of carbonyl (C=O) groups is 1. The number of hydrogen-bond acceptors (Lipinski definition) is 6. The second kappa shape index (κ2) is 5.49. The van der Waals surface area contributed by atoms with Gasteiger partial charge in [-0.25, -0.2) is 4.98 Å². The first-order chi connectivity index (χ1) is 10.2. The van der Waals surface area contributed by atoms with Gasteiger partial charge in [-0.05, 0) is 24.3 Å². The highest BCUT2D eigenvalue weighted by atomic mass is 16.4. The van der Waals surface area contributed by atoms with Crippen molar-refractivity contribution >= 4 is 11.6 Å². The van der Waals surface area contributed by atoms with Crippen LogP contribution < -0.4 is 5.32 Å². The Labute approximate surface area is 120 Å². The summed E-state index contributed by atoms with van der Waals surface area (Å²) in [5.41, 5.74) is 1.69. The van der Waals surface area contributed by atoms with Crippen LogP contribution in [0.15, 0.2) is 47.3 Å². The minimum absolute atomic E-state index is 0.258. The molecule has 1 amide bonds. The Morgan fingerprint density at radius 3 is 2.57 bits per heavy atom. The number of hydrogen-bond donors (Lipinski definition) is 1. The maximum absolute atomic E-state index is 11.9. The fourth-order valence-electron chi connectivity index (χ4n) is 1.72. The van der Waals surface area contributed by atoms with E-state index in [2.05, 4.69) is 25.5 Å². The number of carbonyl (C=O) groups excluding carboxylic acids is 1. The minimum Gasteiger partial charge on any atom is -0.421 e. The summed E-state index contributed by atoms with van der Waals surface area (Å²) in [6, 6.07) is 7.09. The molecule has 104 valence electrons. The summed E-state index contributed by atoms with van der Waals surface area (Å²) in [6.07, 6.45) is 4.39. The van der Waals surface area contributed by atoms with Crippen LogP contribution in [0.2, 0.25) is 0 Å². The predicted molar refractivity (Wildman–Crippen MR) is 74.5 cm³/mol. The van der Waals surface area contributed by atoms with E-state index in [0.717, 1.165) is 5.56 Å². The van der Waals surface area contributed by atoms with Crippen molar-refractivity contribution < 1.29 is 9.21 Å². The van der Waals surface area contributed by atoms with Crippen LogP contribution in [-0.2, 0) is 0 Å². The summed E-state index contributed by atoms with van der Waals surface area (Å²) < 4.78 is 5.33. The molecule has 7 heteroatoms. The Morgan fingerprint density at radius 2 is 1.95 bits per heavy atom. The molecule has 3 rings (SSSR count). The van der Waals surface area contributed by atoms with Crippen molar-refractivity contribution in [3.63, 3.8) is 0 Å². The maximum Gasteiger partial charge on any atom is 0.275 e. The molecule has 0 spiro atoms. The third-order valence-electron chi connectivity index (χ3n) is 2.71. The fourth-order valence-corrected chi connectivity index (χ4v) is 1.72. The lowest BCUT2D eigenvalue weighted by molar-refractivity contribution is 0.102. The van der Waals surface area contributed by atoms with Crippen LogP contribution in [0.25, 0.3) is 11.5 Å². The van der Waals surface area contributed by atoms with Crippen LogP contribution >= 0.6 is 0 Å². The molecular formula is C14H11N5O2. The summed E-state index contributed by atoms with van der Waals surface area (Å²) >= 11 is 0. The normalized spacial score (nSPS) is 10.3.